The minimum absolute atomic E-state index is 0.132. The van der Waals surface area contributed by atoms with Crippen LogP contribution in [-0.4, -0.2) is 14.5 Å². The number of alkyl halides is 3. The van der Waals surface area contributed by atoms with Crippen molar-refractivity contribution in [2.75, 3.05) is 0 Å². The van der Waals surface area contributed by atoms with Crippen LogP contribution in [0.5, 0.6) is 0 Å². The molecule has 0 spiro atoms. The highest BCUT2D eigenvalue weighted by Gasteiger charge is 2.34. The van der Waals surface area contributed by atoms with Crippen molar-refractivity contribution in [2.45, 2.75) is 12.8 Å². The van der Waals surface area contributed by atoms with Crippen molar-refractivity contribution >= 4 is 5.65 Å². The van der Waals surface area contributed by atoms with Gasteiger partial charge in [-0.05, 0) is 6.07 Å². The van der Waals surface area contributed by atoms with Gasteiger partial charge in [0.1, 0.15) is 5.65 Å². The summed E-state index contributed by atoms with van der Waals surface area (Å²) < 4.78 is 38.2. The molecule has 15 heavy (non-hydrogen) atoms. The highest BCUT2D eigenvalue weighted by Crippen LogP contribution is 2.28. The fourth-order valence-electron chi connectivity index (χ4n) is 1.33. The maximum absolute atomic E-state index is 12.3. The molecule has 0 aliphatic carbocycles. The zero-order valence-corrected chi connectivity index (χ0v) is 7.49. The number of hydrogen-bond donors (Lipinski definition) is 1. The second kappa shape index (κ2) is 3.23. The van der Waals surface area contributed by atoms with E-state index in [1.54, 1.807) is 6.07 Å². The summed E-state index contributed by atoms with van der Waals surface area (Å²) in [6.45, 7) is -0.335. The van der Waals surface area contributed by atoms with Crippen molar-refractivity contribution < 1.29 is 18.3 Å². The Labute approximate surface area is 82.8 Å². The lowest BCUT2D eigenvalue weighted by Crippen LogP contribution is -2.04. The molecule has 0 aliphatic heterocycles. The minimum atomic E-state index is -4.46. The van der Waals surface area contributed by atoms with Crippen LogP contribution in [0.25, 0.3) is 5.65 Å². The second-order valence-corrected chi connectivity index (χ2v) is 3.05. The first kappa shape index (κ1) is 9.97. The number of rotatable bonds is 1. The summed E-state index contributed by atoms with van der Waals surface area (Å²) in [6.07, 6.45) is -2.11. The van der Waals surface area contributed by atoms with Gasteiger partial charge >= 0.3 is 6.18 Å². The molecule has 2 heterocycles. The largest absolute Gasteiger partial charge is 0.434 e. The molecule has 1 N–H and O–H groups in total. The Morgan fingerprint density at radius 2 is 2.13 bits per heavy atom. The molecule has 3 nitrogen and oxygen atoms in total. The van der Waals surface area contributed by atoms with Gasteiger partial charge in [-0.2, -0.15) is 13.2 Å². The van der Waals surface area contributed by atoms with Crippen LogP contribution in [0.3, 0.4) is 0 Å². The summed E-state index contributed by atoms with van der Waals surface area (Å²) in [7, 11) is 0. The standard InChI is InChI=1S/C9H7F3N2O/c10-9(11,12)7-4-14-3-1-2-6(5-15)8(14)13-7/h1-4,15H,5H2. The summed E-state index contributed by atoms with van der Waals surface area (Å²) >= 11 is 0. The third kappa shape index (κ3) is 1.68. The van der Waals surface area contributed by atoms with Crippen LogP contribution in [0.2, 0.25) is 0 Å². The molecule has 0 aromatic carbocycles. The van der Waals surface area contributed by atoms with E-state index in [-0.39, 0.29) is 12.3 Å². The SMILES string of the molecule is OCc1cccn2cc(C(F)(F)F)nc12. The summed E-state index contributed by atoms with van der Waals surface area (Å²) in [6, 6.07) is 3.09. The fraction of sp³-hybridized carbons (Fsp3) is 0.222. The second-order valence-electron chi connectivity index (χ2n) is 3.05. The van der Waals surface area contributed by atoms with Crippen molar-refractivity contribution in [1.82, 2.24) is 9.38 Å². The van der Waals surface area contributed by atoms with Gasteiger partial charge in [-0.25, -0.2) is 4.98 Å². The molecule has 6 heteroatoms. The topological polar surface area (TPSA) is 37.5 Å². The van der Waals surface area contributed by atoms with Gasteiger partial charge < -0.3 is 9.51 Å². The van der Waals surface area contributed by atoms with E-state index in [1.165, 1.54) is 16.7 Å². The average Bonchev–Trinajstić information content (AvgIpc) is 2.59. The molecule has 0 atom stereocenters. The predicted molar refractivity (Wildman–Crippen MR) is 46.1 cm³/mol. The normalized spacial score (nSPS) is 12.3. The molecular weight excluding hydrogens is 209 g/mol. The van der Waals surface area contributed by atoms with Crippen LogP contribution >= 0.6 is 0 Å². The van der Waals surface area contributed by atoms with E-state index in [9.17, 15) is 13.2 Å². The van der Waals surface area contributed by atoms with Gasteiger partial charge in [-0.1, -0.05) is 6.07 Å². The Kier molecular flexibility index (Phi) is 2.15. The van der Waals surface area contributed by atoms with Gasteiger partial charge in [0.15, 0.2) is 5.69 Å². The Balaban J connectivity index is 2.65. The molecule has 2 aromatic rings. The van der Waals surface area contributed by atoms with Crippen molar-refractivity contribution in [3.8, 4) is 0 Å². The molecule has 0 bridgehead atoms. The lowest BCUT2D eigenvalue weighted by molar-refractivity contribution is -0.140. The Hall–Kier alpha value is -1.56. The fourth-order valence-corrected chi connectivity index (χ4v) is 1.33. The Morgan fingerprint density at radius 1 is 1.40 bits per heavy atom. The maximum atomic E-state index is 12.3. The van der Waals surface area contributed by atoms with Crippen LogP contribution < -0.4 is 0 Å². The van der Waals surface area contributed by atoms with Gasteiger partial charge in [0.2, 0.25) is 0 Å². The summed E-state index contributed by atoms with van der Waals surface area (Å²) in [5.74, 6) is 0. The lowest BCUT2D eigenvalue weighted by atomic mass is 10.3. The highest BCUT2D eigenvalue weighted by molar-refractivity contribution is 5.48. The van der Waals surface area contributed by atoms with Gasteiger partial charge in [0, 0.05) is 18.0 Å². The van der Waals surface area contributed by atoms with Gasteiger partial charge in [0.05, 0.1) is 6.61 Å². The quantitative estimate of drug-likeness (QED) is 0.789. The summed E-state index contributed by atoms with van der Waals surface area (Å²) in [5.41, 5.74) is -0.455. The van der Waals surface area contributed by atoms with Crippen molar-refractivity contribution in [1.29, 1.82) is 0 Å². The molecule has 0 amide bonds. The van der Waals surface area contributed by atoms with Gasteiger partial charge in [-0.15, -0.1) is 0 Å². The lowest BCUT2D eigenvalue weighted by Gasteiger charge is -1.98. The van der Waals surface area contributed by atoms with Crippen molar-refractivity contribution in [3.63, 3.8) is 0 Å². The van der Waals surface area contributed by atoms with Gasteiger partial charge in [-0.3, -0.25) is 0 Å². The zero-order valence-electron chi connectivity index (χ0n) is 7.49. The molecule has 80 valence electrons. The number of fused-ring (bicyclic) bond motifs is 1. The van der Waals surface area contributed by atoms with Crippen LogP contribution in [0.4, 0.5) is 13.2 Å². The molecule has 0 fully saturated rings. The maximum Gasteiger partial charge on any atom is 0.434 e. The summed E-state index contributed by atoms with van der Waals surface area (Å²) in [4.78, 5) is 3.43. The van der Waals surface area contributed by atoms with Crippen LogP contribution in [-0.2, 0) is 12.8 Å². The molecule has 2 aromatic heterocycles. The molecule has 0 saturated heterocycles. The van der Waals surface area contributed by atoms with E-state index in [0.29, 0.717) is 5.56 Å². The number of imidazole rings is 1. The van der Waals surface area contributed by atoms with Crippen molar-refractivity contribution in [2.24, 2.45) is 0 Å². The van der Waals surface area contributed by atoms with E-state index < -0.39 is 11.9 Å². The number of aliphatic hydroxyl groups is 1. The summed E-state index contributed by atoms with van der Waals surface area (Å²) in [5, 5.41) is 8.91. The van der Waals surface area contributed by atoms with Crippen LogP contribution in [0.1, 0.15) is 11.3 Å². The average molecular weight is 216 g/mol. The van der Waals surface area contributed by atoms with E-state index in [0.717, 1.165) is 6.20 Å². The number of hydrogen-bond acceptors (Lipinski definition) is 2. The van der Waals surface area contributed by atoms with E-state index in [2.05, 4.69) is 4.98 Å². The third-order valence-electron chi connectivity index (χ3n) is 2.02. The first-order valence-corrected chi connectivity index (χ1v) is 4.17. The number of halogens is 3. The van der Waals surface area contributed by atoms with E-state index in [1.807, 2.05) is 0 Å². The number of aromatic nitrogens is 2. The van der Waals surface area contributed by atoms with Crippen LogP contribution in [0, 0.1) is 0 Å². The Morgan fingerprint density at radius 3 is 2.73 bits per heavy atom. The number of nitrogens with zero attached hydrogens (tertiary/aromatic N) is 2. The first-order valence-electron chi connectivity index (χ1n) is 4.17. The Bertz CT molecular complexity index is 490. The molecule has 0 unspecified atom stereocenters. The number of aliphatic hydroxyl groups excluding tert-OH is 1. The number of pyridine rings is 1. The van der Waals surface area contributed by atoms with E-state index >= 15 is 0 Å². The smallest absolute Gasteiger partial charge is 0.392 e. The molecule has 0 radical (unpaired) electrons. The van der Waals surface area contributed by atoms with Crippen molar-refractivity contribution in [3.05, 3.63) is 35.8 Å². The molecule has 0 aliphatic rings. The monoisotopic (exact) mass is 216 g/mol. The van der Waals surface area contributed by atoms with E-state index in [4.69, 9.17) is 5.11 Å². The first-order chi connectivity index (χ1) is 7.02. The van der Waals surface area contributed by atoms with Crippen LogP contribution in [0.15, 0.2) is 24.5 Å². The van der Waals surface area contributed by atoms with Gasteiger partial charge in [0.25, 0.3) is 0 Å². The third-order valence-corrected chi connectivity index (χ3v) is 2.02. The predicted octanol–water partition coefficient (Wildman–Crippen LogP) is 1.85. The molecule has 0 saturated carbocycles. The molecular formula is C9H7F3N2O. The molecule has 2 rings (SSSR count). The highest BCUT2D eigenvalue weighted by atomic mass is 19.4. The minimum Gasteiger partial charge on any atom is -0.392 e. The zero-order chi connectivity index (χ0) is 11.1.